The fraction of sp³-hybridized carbons (Fsp3) is 0.923. The maximum Gasteiger partial charge on any atom is 0.326 e. The zero-order valence-electron chi connectivity index (χ0n) is 11.8. The van der Waals surface area contributed by atoms with Crippen LogP contribution in [0.4, 0.5) is 0 Å². The minimum atomic E-state index is -0.553. The Morgan fingerprint density at radius 2 is 2.17 bits per heavy atom. The van der Waals surface area contributed by atoms with Gasteiger partial charge in [0.15, 0.2) is 0 Å². The van der Waals surface area contributed by atoms with Gasteiger partial charge in [-0.05, 0) is 40.3 Å². The molecule has 5 nitrogen and oxygen atoms in total. The van der Waals surface area contributed by atoms with E-state index in [9.17, 15) is 4.79 Å². The van der Waals surface area contributed by atoms with E-state index in [-0.39, 0.29) is 5.97 Å². The summed E-state index contributed by atoms with van der Waals surface area (Å²) in [6.45, 7) is 5.31. The van der Waals surface area contributed by atoms with Gasteiger partial charge in [0, 0.05) is 26.3 Å². The highest BCUT2D eigenvalue weighted by molar-refractivity contribution is 5.81. The fourth-order valence-corrected chi connectivity index (χ4v) is 2.19. The van der Waals surface area contributed by atoms with Crippen LogP contribution in [0, 0.1) is 0 Å². The van der Waals surface area contributed by atoms with E-state index in [1.54, 1.807) is 0 Å². The van der Waals surface area contributed by atoms with Crippen LogP contribution < -0.4 is 5.32 Å². The Kier molecular flexibility index (Phi) is 6.60. The van der Waals surface area contributed by atoms with Crippen molar-refractivity contribution in [1.82, 2.24) is 10.2 Å². The highest BCUT2D eigenvalue weighted by atomic mass is 16.5. The number of hydrogen-bond acceptors (Lipinski definition) is 5. The van der Waals surface area contributed by atoms with Crippen LogP contribution in [-0.4, -0.2) is 63.4 Å². The van der Waals surface area contributed by atoms with Crippen molar-refractivity contribution in [2.75, 3.05) is 47.0 Å². The number of esters is 1. The van der Waals surface area contributed by atoms with Gasteiger partial charge >= 0.3 is 5.97 Å². The lowest BCUT2D eigenvalue weighted by Crippen LogP contribution is -2.54. The van der Waals surface area contributed by atoms with Gasteiger partial charge in [0.05, 0.1) is 6.61 Å². The van der Waals surface area contributed by atoms with Gasteiger partial charge in [0.2, 0.25) is 0 Å². The molecule has 1 heterocycles. The minimum Gasteiger partial charge on any atom is -0.465 e. The summed E-state index contributed by atoms with van der Waals surface area (Å²) in [7, 11) is 4.05. The van der Waals surface area contributed by atoms with Crippen LogP contribution in [0.25, 0.3) is 0 Å². The topological polar surface area (TPSA) is 50.8 Å². The molecule has 106 valence electrons. The summed E-state index contributed by atoms with van der Waals surface area (Å²) in [6, 6.07) is 0. The SMILES string of the molecule is CCOC(=O)C1(NCCN(C)C)CCCOCC1. The standard InChI is InChI=1S/C13H26N2O3/c1-4-18-12(16)13(14-8-9-15(2)3)6-5-10-17-11-7-13/h14H,4-11H2,1-3H3. The molecule has 18 heavy (non-hydrogen) atoms. The molecule has 1 atom stereocenters. The summed E-state index contributed by atoms with van der Waals surface area (Å²) in [5.41, 5.74) is -0.553. The molecule has 1 aliphatic rings. The molecule has 1 fully saturated rings. The molecule has 0 saturated carbocycles. The second-order valence-electron chi connectivity index (χ2n) is 5.00. The van der Waals surface area contributed by atoms with Gasteiger partial charge in [-0.3, -0.25) is 4.79 Å². The first-order valence-electron chi connectivity index (χ1n) is 6.75. The van der Waals surface area contributed by atoms with E-state index >= 15 is 0 Å². The summed E-state index contributed by atoms with van der Waals surface area (Å²) in [4.78, 5) is 14.3. The van der Waals surface area contributed by atoms with Crippen molar-refractivity contribution >= 4 is 5.97 Å². The summed E-state index contributed by atoms with van der Waals surface area (Å²) < 4.78 is 10.7. The molecular formula is C13H26N2O3. The first-order chi connectivity index (χ1) is 8.60. The molecule has 1 aliphatic heterocycles. The maximum absolute atomic E-state index is 12.2. The molecule has 0 radical (unpaired) electrons. The van der Waals surface area contributed by atoms with Crippen LogP contribution in [0.3, 0.4) is 0 Å². The van der Waals surface area contributed by atoms with Crippen molar-refractivity contribution in [3.8, 4) is 0 Å². The van der Waals surface area contributed by atoms with Crippen LogP contribution in [0.1, 0.15) is 26.2 Å². The van der Waals surface area contributed by atoms with Crippen LogP contribution in [0.15, 0.2) is 0 Å². The van der Waals surface area contributed by atoms with E-state index < -0.39 is 5.54 Å². The smallest absolute Gasteiger partial charge is 0.326 e. The van der Waals surface area contributed by atoms with Gasteiger partial charge in [0.1, 0.15) is 5.54 Å². The number of ether oxygens (including phenoxy) is 2. The lowest BCUT2D eigenvalue weighted by Gasteiger charge is -2.31. The molecule has 0 aromatic rings. The molecule has 1 saturated heterocycles. The molecule has 0 amide bonds. The van der Waals surface area contributed by atoms with E-state index in [4.69, 9.17) is 9.47 Å². The average molecular weight is 258 g/mol. The van der Waals surface area contributed by atoms with E-state index in [0.29, 0.717) is 19.6 Å². The number of carbonyl (C=O) groups is 1. The molecule has 5 heteroatoms. The van der Waals surface area contributed by atoms with Gasteiger partial charge in [-0.1, -0.05) is 0 Å². The molecule has 0 bridgehead atoms. The van der Waals surface area contributed by atoms with Crippen molar-refractivity contribution < 1.29 is 14.3 Å². The van der Waals surface area contributed by atoms with E-state index in [1.807, 2.05) is 21.0 Å². The van der Waals surface area contributed by atoms with Crippen molar-refractivity contribution in [2.24, 2.45) is 0 Å². The van der Waals surface area contributed by atoms with Gasteiger partial charge in [-0.2, -0.15) is 0 Å². The summed E-state index contributed by atoms with van der Waals surface area (Å²) in [6.07, 6.45) is 2.38. The van der Waals surface area contributed by atoms with Crippen LogP contribution in [0.2, 0.25) is 0 Å². The predicted molar refractivity (Wildman–Crippen MR) is 70.6 cm³/mol. The van der Waals surface area contributed by atoms with E-state index in [0.717, 1.165) is 32.5 Å². The van der Waals surface area contributed by atoms with Gasteiger partial charge < -0.3 is 19.7 Å². The van der Waals surface area contributed by atoms with Gasteiger partial charge in [-0.25, -0.2) is 0 Å². The third-order valence-electron chi connectivity index (χ3n) is 3.25. The van der Waals surface area contributed by atoms with Crippen molar-refractivity contribution in [2.45, 2.75) is 31.7 Å². The third kappa shape index (κ3) is 4.55. The number of hydrogen-bond donors (Lipinski definition) is 1. The Hall–Kier alpha value is -0.650. The Morgan fingerprint density at radius 1 is 1.39 bits per heavy atom. The Bertz CT molecular complexity index is 249. The zero-order valence-corrected chi connectivity index (χ0v) is 11.8. The van der Waals surface area contributed by atoms with Crippen LogP contribution in [-0.2, 0) is 14.3 Å². The largest absolute Gasteiger partial charge is 0.465 e. The summed E-state index contributed by atoms with van der Waals surface area (Å²) >= 11 is 0. The molecule has 1 unspecified atom stereocenters. The van der Waals surface area contributed by atoms with Gasteiger partial charge in [0.25, 0.3) is 0 Å². The highest BCUT2D eigenvalue weighted by Gasteiger charge is 2.39. The summed E-state index contributed by atoms with van der Waals surface area (Å²) in [5, 5.41) is 3.39. The lowest BCUT2D eigenvalue weighted by atomic mass is 9.90. The number of carbonyl (C=O) groups excluding carboxylic acids is 1. The van der Waals surface area contributed by atoms with Crippen molar-refractivity contribution in [1.29, 1.82) is 0 Å². The molecule has 0 aromatic carbocycles. The fourth-order valence-electron chi connectivity index (χ4n) is 2.19. The van der Waals surface area contributed by atoms with E-state index in [1.165, 1.54) is 0 Å². The predicted octanol–water partition coefficient (Wildman–Crippen LogP) is 0.640. The minimum absolute atomic E-state index is 0.130. The average Bonchev–Trinajstić information content (AvgIpc) is 2.55. The number of nitrogens with zero attached hydrogens (tertiary/aromatic N) is 1. The van der Waals surface area contributed by atoms with Crippen LogP contribution >= 0.6 is 0 Å². The number of rotatable bonds is 6. The quantitative estimate of drug-likeness (QED) is 0.709. The molecule has 0 spiro atoms. The first kappa shape index (κ1) is 15.4. The molecule has 1 rings (SSSR count). The van der Waals surface area contributed by atoms with Crippen molar-refractivity contribution in [3.05, 3.63) is 0 Å². The zero-order chi connectivity index (χ0) is 13.4. The highest BCUT2D eigenvalue weighted by Crippen LogP contribution is 2.23. The maximum atomic E-state index is 12.2. The normalized spacial score (nSPS) is 24.9. The molecular weight excluding hydrogens is 232 g/mol. The molecule has 0 aromatic heterocycles. The number of nitrogens with one attached hydrogen (secondary N) is 1. The Morgan fingerprint density at radius 3 is 2.83 bits per heavy atom. The second kappa shape index (κ2) is 7.71. The van der Waals surface area contributed by atoms with Crippen molar-refractivity contribution in [3.63, 3.8) is 0 Å². The lowest BCUT2D eigenvalue weighted by molar-refractivity contribution is -0.152. The Labute approximate surface area is 110 Å². The van der Waals surface area contributed by atoms with Crippen LogP contribution in [0.5, 0.6) is 0 Å². The monoisotopic (exact) mass is 258 g/mol. The molecule has 0 aliphatic carbocycles. The van der Waals surface area contributed by atoms with Gasteiger partial charge in [-0.15, -0.1) is 0 Å². The molecule has 1 N–H and O–H groups in total. The van der Waals surface area contributed by atoms with E-state index in [2.05, 4.69) is 10.2 Å². The third-order valence-corrected chi connectivity index (χ3v) is 3.25. The first-order valence-corrected chi connectivity index (χ1v) is 6.75. The summed E-state index contributed by atoms with van der Waals surface area (Å²) in [5.74, 6) is -0.130. The second-order valence-corrected chi connectivity index (χ2v) is 5.00. The number of likely N-dealkylation sites (N-methyl/N-ethyl adjacent to an activating group) is 1. The Balaban J connectivity index is 2.62.